The maximum absolute atomic E-state index is 12.2. The molecule has 0 fully saturated rings. The Hall–Kier alpha value is -3.35. The van der Waals surface area contributed by atoms with E-state index in [1.807, 2.05) is 37.3 Å². The number of amides is 1. The van der Waals surface area contributed by atoms with Gasteiger partial charge in [0.25, 0.3) is 5.91 Å². The highest BCUT2D eigenvalue weighted by atomic mass is 16.5. The second kappa shape index (κ2) is 8.15. The molecule has 0 saturated heterocycles. The van der Waals surface area contributed by atoms with Crippen molar-refractivity contribution in [3.8, 4) is 11.5 Å². The van der Waals surface area contributed by atoms with Crippen LogP contribution in [0.25, 0.3) is 0 Å². The Balaban J connectivity index is 1.54. The minimum atomic E-state index is -0.329. The molecule has 0 spiro atoms. The monoisotopic (exact) mass is 353 g/mol. The van der Waals surface area contributed by atoms with Crippen LogP contribution in [-0.4, -0.2) is 23.0 Å². The van der Waals surface area contributed by atoms with E-state index >= 15 is 0 Å². The zero-order chi connectivity index (χ0) is 18.4. The molecule has 0 atom stereocenters. The smallest absolute Gasteiger partial charge is 0.273 e. The summed E-state index contributed by atoms with van der Waals surface area (Å²) in [6.07, 6.45) is 1.31. The number of methoxy groups -OCH3 is 1. The number of hydrogen-bond donors (Lipinski definition) is 1. The number of nitrogens with zero attached hydrogens (tertiary/aromatic N) is 2. The molecule has 134 valence electrons. The number of benzene rings is 1. The van der Waals surface area contributed by atoms with Crippen LogP contribution in [-0.2, 0) is 13.2 Å². The number of carbonyl (C=O) groups is 1. The molecule has 1 N–H and O–H groups in total. The molecular weight excluding hydrogens is 334 g/mol. The third-order valence-corrected chi connectivity index (χ3v) is 3.56. The van der Waals surface area contributed by atoms with Crippen molar-refractivity contribution in [2.45, 2.75) is 20.1 Å². The molecule has 1 amide bonds. The van der Waals surface area contributed by atoms with Crippen LogP contribution in [0.5, 0.6) is 11.5 Å². The van der Waals surface area contributed by atoms with Gasteiger partial charge in [-0.05, 0) is 31.2 Å². The number of pyridine rings is 1. The summed E-state index contributed by atoms with van der Waals surface area (Å²) in [5.41, 5.74) is 1.88. The third-order valence-electron chi connectivity index (χ3n) is 3.56. The van der Waals surface area contributed by atoms with Gasteiger partial charge < -0.3 is 19.2 Å². The predicted molar refractivity (Wildman–Crippen MR) is 94.0 cm³/mol. The van der Waals surface area contributed by atoms with Crippen LogP contribution in [0.3, 0.4) is 0 Å². The van der Waals surface area contributed by atoms with Crippen LogP contribution in [0.4, 0.5) is 0 Å². The first-order valence-corrected chi connectivity index (χ1v) is 8.06. The predicted octanol–water partition coefficient (Wildman–Crippen LogP) is 2.90. The van der Waals surface area contributed by atoms with E-state index < -0.39 is 0 Å². The molecule has 26 heavy (non-hydrogen) atoms. The number of aryl methyl sites for hydroxylation is 1. The van der Waals surface area contributed by atoms with Gasteiger partial charge in [-0.15, -0.1) is 0 Å². The Labute approximate surface area is 151 Å². The van der Waals surface area contributed by atoms with E-state index in [0.29, 0.717) is 23.9 Å². The van der Waals surface area contributed by atoms with Crippen molar-refractivity contribution < 1.29 is 18.7 Å². The van der Waals surface area contributed by atoms with E-state index in [2.05, 4.69) is 15.3 Å². The summed E-state index contributed by atoms with van der Waals surface area (Å²) < 4.78 is 16.0. The molecule has 0 aliphatic carbocycles. The molecule has 3 rings (SSSR count). The number of oxazole rings is 1. The van der Waals surface area contributed by atoms with Crippen molar-refractivity contribution in [3.63, 3.8) is 0 Å². The molecule has 0 bridgehead atoms. The van der Waals surface area contributed by atoms with Crippen molar-refractivity contribution >= 4 is 5.91 Å². The van der Waals surface area contributed by atoms with E-state index in [1.165, 1.54) is 6.26 Å². The number of hydrogen-bond acceptors (Lipinski definition) is 6. The molecule has 0 unspecified atom stereocenters. The summed E-state index contributed by atoms with van der Waals surface area (Å²) in [4.78, 5) is 20.6. The van der Waals surface area contributed by atoms with Crippen molar-refractivity contribution in [1.82, 2.24) is 15.3 Å². The number of nitrogens with one attached hydrogen (secondary N) is 1. The highest BCUT2D eigenvalue weighted by Gasteiger charge is 2.13. The van der Waals surface area contributed by atoms with Crippen molar-refractivity contribution in [1.29, 1.82) is 0 Å². The Morgan fingerprint density at radius 1 is 1.15 bits per heavy atom. The molecule has 7 nitrogen and oxygen atoms in total. The highest BCUT2D eigenvalue weighted by molar-refractivity contribution is 5.91. The van der Waals surface area contributed by atoms with Crippen LogP contribution in [0, 0.1) is 6.92 Å². The summed E-state index contributed by atoms with van der Waals surface area (Å²) in [5.74, 6) is 1.30. The SMILES string of the molecule is COc1cccc(OCc2nc(C(=O)NCc3cccc(C)n3)co2)c1. The lowest BCUT2D eigenvalue weighted by Gasteiger charge is -2.05. The molecule has 0 radical (unpaired) electrons. The third kappa shape index (κ3) is 4.60. The Bertz CT molecular complexity index is 892. The van der Waals surface area contributed by atoms with Crippen molar-refractivity contribution in [2.75, 3.05) is 7.11 Å². The average Bonchev–Trinajstić information content (AvgIpc) is 3.14. The van der Waals surface area contributed by atoms with E-state index in [0.717, 1.165) is 11.4 Å². The lowest BCUT2D eigenvalue weighted by molar-refractivity contribution is 0.0945. The molecular formula is C19H19N3O4. The van der Waals surface area contributed by atoms with Crippen molar-refractivity contribution in [3.05, 3.63) is 71.7 Å². The van der Waals surface area contributed by atoms with Crippen LogP contribution < -0.4 is 14.8 Å². The van der Waals surface area contributed by atoms with Crippen LogP contribution >= 0.6 is 0 Å². The topological polar surface area (TPSA) is 86.5 Å². The summed E-state index contributed by atoms with van der Waals surface area (Å²) in [5, 5.41) is 2.76. The fourth-order valence-electron chi connectivity index (χ4n) is 2.28. The average molecular weight is 353 g/mol. The fraction of sp³-hybridized carbons (Fsp3) is 0.211. The molecule has 0 saturated carbocycles. The van der Waals surface area contributed by atoms with Crippen LogP contribution in [0.15, 0.2) is 53.1 Å². The Morgan fingerprint density at radius 3 is 2.77 bits per heavy atom. The molecule has 7 heteroatoms. The quantitative estimate of drug-likeness (QED) is 0.703. The first-order chi connectivity index (χ1) is 12.6. The van der Waals surface area contributed by atoms with Gasteiger partial charge in [-0.2, -0.15) is 0 Å². The van der Waals surface area contributed by atoms with Gasteiger partial charge in [-0.25, -0.2) is 4.98 Å². The summed E-state index contributed by atoms with van der Waals surface area (Å²) in [7, 11) is 1.59. The van der Waals surface area contributed by atoms with Crippen LogP contribution in [0.2, 0.25) is 0 Å². The maximum atomic E-state index is 12.2. The number of carbonyl (C=O) groups excluding carboxylic acids is 1. The second-order valence-corrected chi connectivity index (χ2v) is 5.55. The van der Waals surface area contributed by atoms with E-state index in [-0.39, 0.29) is 18.2 Å². The molecule has 3 aromatic rings. The molecule has 1 aromatic carbocycles. The number of aromatic nitrogens is 2. The minimum Gasteiger partial charge on any atom is -0.497 e. The van der Waals surface area contributed by atoms with E-state index in [1.54, 1.807) is 19.2 Å². The molecule has 0 aliphatic heterocycles. The Kier molecular flexibility index (Phi) is 5.48. The molecule has 2 aromatic heterocycles. The van der Waals surface area contributed by atoms with E-state index in [4.69, 9.17) is 13.9 Å². The van der Waals surface area contributed by atoms with Gasteiger partial charge in [0.15, 0.2) is 12.3 Å². The first-order valence-electron chi connectivity index (χ1n) is 8.06. The van der Waals surface area contributed by atoms with Gasteiger partial charge >= 0.3 is 0 Å². The fourth-order valence-corrected chi connectivity index (χ4v) is 2.28. The number of ether oxygens (including phenoxy) is 2. The summed E-state index contributed by atoms with van der Waals surface area (Å²) >= 11 is 0. The highest BCUT2D eigenvalue weighted by Crippen LogP contribution is 2.19. The first kappa shape index (κ1) is 17.5. The molecule has 2 heterocycles. The lowest BCUT2D eigenvalue weighted by Crippen LogP contribution is -2.23. The minimum absolute atomic E-state index is 0.111. The summed E-state index contributed by atoms with van der Waals surface area (Å²) in [6, 6.07) is 12.8. The maximum Gasteiger partial charge on any atom is 0.273 e. The van der Waals surface area contributed by atoms with Gasteiger partial charge in [-0.1, -0.05) is 12.1 Å². The number of rotatable bonds is 7. The van der Waals surface area contributed by atoms with Gasteiger partial charge in [0.2, 0.25) is 5.89 Å². The lowest BCUT2D eigenvalue weighted by atomic mass is 10.3. The zero-order valence-electron chi connectivity index (χ0n) is 14.6. The van der Waals surface area contributed by atoms with Gasteiger partial charge in [0.05, 0.1) is 19.3 Å². The standard InChI is InChI=1S/C19H19N3O4/c1-13-5-3-6-14(21-13)10-20-19(23)17-11-26-18(22-17)12-25-16-8-4-7-15(9-16)24-2/h3-9,11H,10,12H2,1-2H3,(H,20,23). The molecule has 0 aliphatic rings. The van der Waals surface area contributed by atoms with Crippen LogP contribution in [0.1, 0.15) is 27.8 Å². The van der Waals surface area contributed by atoms with Gasteiger partial charge in [-0.3, -0.25) is 9.78 Å². The van der Waals surface area contributed by atoms with E-state index in [9.17, 15) is 4.79 Å². The van der Waals surface area contributed by atoms with Gasteiger partial charge in [0.1, 0.15) is 17.8 Å². The largest absolute Gasteiger partial charge is 0.497 e. The normalized spacial score (nSPS) is 10.4. The zero-order valence-corrected chi connectivity index (χ0v) is 14.6. The van der Waals surface area contributed by atoms with Gasteiger partial charge in [0, 0.05) is 11.8 Å². The Morgan fingerprint density at radius 2 is 1.96 bits per heavy atom. The summed E-state index contributed by atoms with van der Waals surface area (Å²) in [6.45, 7) is 2.33. The van der Waals surface area contributed by atoms with Crippen molar-refractivity contribution in [2.24, 2.45) is 0 Å². The second-order valence-electron chi connectivity index (χ2n) is 5.55.